The number of nitrogens with zero attached hydrogens (tertiary/aromatic N) is 1. The van der Waals surface area contributed by atoms with Crippen LogP contribution in [0.4, 0.5) is 13.2 Å². The summed E-state index contributed by atoms with van der Waals surface area (Å²) in [6.45, 7) is 3.40. The lowest BCUT2D eigenvalue weighted by atomic mass is 10.1. The van der Waals surface area contributed by atoms with Crippen LogP contribution in [-0.2, 0) is 22.6 Å². The Morgan fingerprint density at radius 3 is 2.38 bits per heavy atom. The maximum Gasteiger partial charge on any atom is 0.416 e. The average Bonchev–Trinajstić information content (AvgIpc) is 3.08. The fourth-order valence-corrected chi connectivity index (χ4v) is 4.99. The minimum absolute atomic E-state index is 0.0235. The first-order valence-electron chi connectivity index (χ1n) is 9.36. The third kappa shape index (κ3) is 5.34. The molecule has 0 aliphatic rings. The van der Waals surface area contributed by atoms with Crippen LogP contribution in [0.3, 0.4) is 0 Å². The van der Waals surface area contributed by atoms with Gasteiger partial charge in [-0.25, -0.2) is 22.9 Å². The minimum Gasteiger partial charge on any atom is -0.478 e. The Morgan fingerprint density at radius 2 is 1.78 bits per heavy atom. The number of hydrogen-bond donors (Lipinski definition) is 2. The van der Waals surface area contributed by atoms with Crippen LogP contribution < -0.4 is 4.72 Å². The summed E-state index contributed by atoms with van der Waals surface area (Å²) in [5, 5.41) is 9.72. The first kappa shape index (κ1) is 23.9. The van der Waals surface area contributed by atoms with Crippen molar-refractivity contribution in [3.63, 3.8) is 0 Å². The predicted octanol–water partition coefficient (Wildman–Crippen LogP) is 4.66. The zero-order valence-electron chi connectivity index (χ0n) is 17.0. The number of aryl methyl sites for hydroxylation is 2. The van der Waals surface area contributed by atoms with Crippen LogP contribution in [-0.4, -0.2) is 31.0 Å². The number of hydrogen-bond acceptors (Lipinski definition) is 5. The molecule has 3 rings (SSSR count). The number of rotatable bonds is 7. The lowest BCUT2D eigenvalue weighted by Crippen LogP contribution is -2.26. The smallest absolute Gasteiger partial charge is 0.416 e. The molecular weight excluding hydrogens is 465 g/mol. The highest BCUT2D eigenvalue weighted by Crippen LogP contribution is 2.33. The van der Waals surface area contributed by atoms with E-state index in [2.05, 4.69) is 9.71 Å². The number of carbonyl (C=O) groups is 1. The molecule has 6 nitrogen and oxygen atoms in total. The number of carboxylic acids is 1. The molecule has 170 valence electrons. The van der Waals surface area contributed by atoms with Gasteiger partial charge in [0, 0.05) is 23.4 Å². The minimum atomic E-state index is -4.41. The summed E-state index contributed by atoms with van der Waals surface area (Å²) in [6.07, 6.45) is -4.15. The van der Waals surface area contributed by atoms with Gasteiger partial charge in [0.25, 0.3) is 0 Å². The standard InChI is InChI=1S/C21H19F3N2O4S2/c1-12-3-8-16(11-17(12)20(27)28)32(29,30)25-10-9-18-13(2)31-19(26-18)14-4-6-15(7-5-14)21(22,23)24/h3-8,11,25H,9-10H2,1-2H3,(H,27,28). The second kappa shape index (κ2) is 9.00. The number of halogens is 3. The van der Waals surface area contributed by atoms with E-state index < -0.39 is 27.7 Å². The molecule has 1 aromatic heterocycles. The summed E-state index contributed by atoms with van der Waals surface area (Å²) in [5.41, 5.74) is 0.780. The molecule has 0 bridgehead atoms. The molecule has 0 saturated carbocycles. The summed E-state index contributed by atoms with van der Waals surface area (Å²) >= 11 is 1.31. The molecule has 11 heteroatoms. The van der Waals surface area contributed by atoms with Gasteiger partial charge in [-0.05, 0) is 43.7 Å². The first-order chi connectivity index (χ1) is 14.9. The normalized spacial score (nSPS) is 12.2. The Morgan fingerprint density at radius 1 is 1.12 bits per heavy atom. The monoisotopic (exact) mass is 484 g/mol. The van der Waals surface area contributed by atoms with Gasteiger partial charge in [-0.1, -0.05) is 18.2 Å². The van der Waals surface area contributed by atoms with Gasteiger partial charge < -0.3 is 5.11 Å². The molecule has 0 saturated heterocycles. The molecule has 0 radical (unpaired) electrons. The molecule has 0 aliphatic carbocycles. The number of thiazole rings is 1. The van der Waals surface area contributed by atoms with E-state index in [-0.39, 0.29) is 23.4 Å². The highest BCUT2D eigenvalue weighted by Gasteiger charge is 2.30. The largest absolute Gasteiger partial charge is 0.478 e. The fourth-order valence-electron chi connectivity index (χ4n) is 2.97. The van der Waals surface area contributed by atoms with Gasteiger partial charge in [0.1, 0.15) is 5.01 Å². The summed E-state index contributed by atoms with van der Waals surface area (Å²) in [7, 11) is -3.92. The van der Waals surface area contributed by atoms with E-state index in [1.807, 2.05) is 0 Å². The third-order valence-electron chi connectivity index (χ3n) is 4.76. The lowest BCUT2D eigenvalue weighted by molar-refractivity contribution is -0.137. The van der Waals surface area contributed by atoms with Crippen LogP contribution in [0.1, 0.15) is 32.1 Å². The molecule has 2 N–H and O–H groups in total. The Kier molecular flexibility index (Phi) is 6.72. The molecule has 32 heavy (non-hydrogen) atoms. The van der Waals surface area contributed by atoms with E-state index in [1.165, 1.54) is 35.6 Å². The first-order valence-corrected chi connectivity index (χ1v) is 11.7. The molecule has 0 unspecified atom stereocenters. The number of aromatic nitrogens is 1. The van der Waals surface area contributed by atoms with Gasteiger partial charge in [-0.3, -0.25) is 0 Å². The van der Waals surface area contributed by atoms with E-state index in [0.29, 0.717) is 21.8 Å². The highest BCUT2D eigenvalue weighted by molar-refractivity contribution is 7.89. The number of nitrogens with one attached hydrogen (secondary N) is 1. The van der Waals surface area contributed by atoms with Crippen molar-refractivity contribution >= 4 is 27.3 Å². The Hall–Kier alpha value is -2.76. The quantitative estimate of drug-likeness (QED) is 0.508. The SMILES string of the molecule is Cc1ccc(S(=O)(=O)NCCc2nc(-c3ccc(C(F)(F)F)cc3)sc2C)cc1C(=O)O. The van der Waals surface area contributed by atoms with Crippen LogP contribution in [0.5, 0.6) is 0 Å². The fraction of sp³-hybridized carbons (Fsp3) is 0.238. The van der Waals surface area contributed by atoms with Crippen molar-refractivity contribution < 1.29 is 31.5 Å². The second-order valence-electron chi connectivity index (χ2n) is 7.03. The van der Waals surface area contributed by atoms with Crippen molar-refractivity contribution in [1.29, 1.82) is 0 Å². The van der Waals surface area contributed by atoms with E-state index in [1.54, 1.807) is 13.8 Å². The molecule has 0 fully saturated rings. The maximum absolute atomic E-state index is 12.7. The predicted molar refractivity (Wildman–Crippen MR) is 114 cm³/mol. The number of sulfonamides is 1. The molecule has 2 aromatic carbocycles. The topological polar surface area (TPSA) is 96.4 Å². The molecule has 0 amide bonds. The Bertz CT molecular complexity index is 1250. The lowest BCUT2D eigenvalue weighted by Gasteiger charge is -2.08. The zero-order chi connectivity index (χ0) is 23.7. The summed E-state index contributed by atoms with van der Waals surface area (Å²) < 4.78 is 65.7. The van der Waals surface area contributed by atoms with Gasteiger partial charge in [-0.15, -0.1) is 11.3 Å². The van der Waals surface area contributed by atoms with Gasteiger partial charge in [0.05, 0.1) is 21.7 Å². The van der Waals surface area contributed by atoms with Gasteiger partial charge in [-0.2, -0.15) is 13.2 Å². The van der Waals surface area contributed by atoms with E-state index in [4.69, 9.17) is 0 Å². The van der Waals surface area contributed by atoms with Crippen LogP contribution >= 0.6 is 11.3 Å². The van der Waals surface area contributed by atoms with Crippen LogP contribution in [0, 0.1) is 13.8 Å². The molecule has 0 atom stereocenters. The van der Waals surface area contributed by atoms with Crippen molar-refractivity contribution in [1.82, 2.24) is 9.71 Å². The number of benzene rings is 2. The van der Waals surface area contributed by atoms with Crippen molar-refractivity contribution in [2.24, 2.45) is 0 Å². The van der Waals surface area contributed by atoms with Crippen molar-refractivity contribution in [3.05, 3.63) is 69.7 Å². The number of alkyl halides is 3. The van der Waals surface area contributed by atoms with Crippen molar-refractivity contribution in [3.8, 4) is 10.6 Å². The molecule has 1 heterocycles. The zero-order valence-corrected chi connectivity index (χ0v) is 18.7. The molecule has 3 aromatic rings. The van der Waals surface area contributed by atoms with Gasteiger partial charge in [0.2, 0.25) is 10.0 Å². The third-order valence-corrected chi connectivity index (χ3v) is 7.28. The summed E-state index contributed by atoms with van der Waals surface area (Å²) in [5.74, 6) is -1.21. The average molecular weight is 485 g/mol. The second-order valence-corrected chi connectivity index (χ2v) is 10.00. The van der Waals surface area contributed by atoms with E-state index in [9.17, 15) is 31.5 Å². The molecular formula is C21H19F3N2O4S2. The van der Waals surface area contributed by atoms with Crippen molar-refractivity contribution in [2.75, 3.05) is 6.54 Å². The van der Waals surface area contributed by atoms with Gasteiger partial charge >= 0.3 is 12.1 Å². The highest BCUT2D eigenvalue weighted by atomic mass is 32.2. The Balaban J connectivity index is 1.70. The molecule has 0 aliphatic heterocycles. The van der Waals surface area contributed by atoms with E-state index in [0.717, 1.165) is 23.1 Å². The summed E-state index contributed by atoms with van der Waals surface area (Å²) in [6, 6.07) is 8.56. The van der Waals surface area contributed by atoms with Crippen LogP contribution in [0.25, 0.3) is 10.6 Å². The van der Waals surface area contributed by atoms with E-state index >= 15 is 0 Å². The van der Waals surface area contributed by atoms with Crippen LogP contribution in [0.2, 0.25) is 0 Å². The van der Waals surface area contributed by atoms with Gasteiger partial charge in [0.15, 0.2) is 0 Å². The maximum atomic E-state index is 12.7. The molecule has 0 spiro atoms. The van der Waals surface area contributed by atoms with Crippen LogP contribution in [0.15, 0.2) is 47.4 Å². The number of carboxylic acid groups (broad SMARTS) is 1. The number of aromatic carboxylic acids is 1. The van der Waals surface area contributed by atoms with Crippen molar-refractivity contribution in [2.45, 2.75) is 31.3 Å². The Labute approximate surface area is 186 Å². The summed E-state index contributed by atoms with van der Waals surface area (Å²) in [4.78, 5) is 16.4.